The summed E-state index contributed by atoms with van der Waals surface area (Å²) in [4.78, 5) is 0. The van der Waals surface area contributed by atoms with Crippen molar-refractivity contribution in [2.45, 2.75) is 30.9 Å². The van der Waals surface area contributed by atoms with Crippen LogP contribution in [0.25, 0.3) is 0 Å². The molecule has 1 aliphatic carbocycles. The molecule has 1 N–H and O–H groups in total. The molecule has 0 amide bonds. The van der Waals surface area contributed by atoms with Crippen molar-refractivity contribution in [2.24, 2.45) is 0 Å². The average molecular weight is 265 g/mol. The van der Waals surface area contributed by atoms with Crippen LogP contribution >= 0.6 is 0 Å². The van der Waals surface area contributed by atoms with E-state index in [0.717, 1.165) is 25.0 Å². The zero-order chi connectivity index (χ0) is 13.6. The fourth-order valence-corrected chi connectivity index (χ4v) is 3.75. The van der Waals surface area contributed by atoms with Crippen LogP contribution in [-0.2, 0) is 12.8 Å². The SMILES string of the molecule is CNC1CC2(Cc3ccccc3C2)Oc2ccccc21. The summed E-state index contributed by atoms with van der Waals surface area (Å²) in [6, 6.07) is 17.5. The number of fused-ring (bicyclic) bond motifs is 2. The number of hydrogen-bond acceptors (Lipinski definition) is 2. The Kier molecular flexibility index (Phi) is 2.61. The smallest absolute Gasteiger partial charge is 0.124 e. The van der Waals surface area contributed by atoms with E-state index in [9.17, 15) is 0 Å². The molecule has 0 fully saturated rings. The number of hydrogen-bond donors (Lipinski definition) is 1. The standard InChI is InChI=1S/C18H19NO/c1-19-16-12-18(20-17-9-5-4-8-15(16)17)10-13-6-2-3-7-14(13)11-18/h2-9,16,19H,10-12H2,1H3. The number of benzene rings is 2. The molecule has 1 heterocycles. The van der Waals surface area contributed by atoms with Gasteiger partial charge in [0.15, 0.2) is 0 Å². The fourth-order valence-electron chi connectivity index (χ4n) is 3.75. The van der Waals surface area contributed by atoms with Crippen LogP contribution in [0.1, 0.15) is 29.2 Å². The van der Waals surface area contributed by atoms with Crippen molar-refractivity contribution in [3.63, 3.8) is 0 Å². The molecule has 1 spiro atoms. The Morgan fingerprint density at radius 2 is 1.65 bits per heavy atom. The van der Waals surface area contributed by atoms with Crippen molar-refractivity contribution in [2.75, 3.05) is 7.05 Å². The van der Waals surface area contributed by atoms with E-state index in [1.807, 2.05) is 7.05 Å². The summed E-state index contributed by atoms with van der Waals surface area (Å²) >= 11 is 0. The first-order valence-corrected chi connectivity index (χ1v) is 7.32. The van der Waals surface area contributed by atoms with Gasteiger partial charge in [-0.2, -0.15) is 0 Å². The number of para-hydroxylation sites is 1. The minimum Gasteiger partial charge on any atom is -0.486 e. The van der Waals surface area contributed by atoms with Crippen LogP contribution in [0.2, 0.25) is 0 Å². The van der Waals surface area contributed by atoms with E-state index in [-0.39, 0.29) is 5.60 Å². The lowest BCUT2D eigenvalue weighted by atomic mass is 9.85. The van der Waals surface area contributed by atoms with E-state index in [0.29, 0.717) is 6.04 Å². The second-order valence-corrected chi connectivity index (χ2v) is 5.99. The van der Waals surface area contributed by atoms with E-state index in [2.05, 4.69) is 53.8 Å². The Bertz CT molecular complexity index is 624. The van der Waals surface area contributed by atoms with Crippen LogP contribution in [0.5, 0.6) is 5.75 Å². The molecule has 20 heavy (non-hydrogen) atoms. The van der Waals surface area contributed by atoms with Crippen LogP contribution in [0, 0.1) is 0 Å². The van der Waals surface area contributed by atoms with Gasteiger partial charge in [-0.15, -0.1) is 0 Å². The molecule has 2 heteroatoms. The van der Waals surface area contributed by atoms with Crippen molar-refractivity contribution in [3.05, 3.63) is 65.2 Å². The van der Waals surface area contributed by atoms with Gasteiger partial charge >= 0.3 is 0 Å². The average Bonchev–Trinajstić information content (AvgIpc) is 2.83. The normalized spacial score (nSPS) is 22.1. The Morgan fingerprint density at radius 1 is 1.00 bits per heavy atom. The minimum atomic E-state index is -0.0638. The Labute approximate surface area is 119 Å². The van der Waals surface area contributed by atoms with Crippen LogP contribution in [0.15, 0.2) is 48.5 Å². The second kappa shape index (κ2) is 4.35. The van der Waals surface area contributed by atoms with Crippen LogP contribution in [0.3, 0.4) is 0 Å². The molecule has 0 bridgehead atoms. The van der Waals surface area contributed by atoms with Gasteiger partial charge in [-0.3, -0.25) is 0 Å². The second-order valence-electron chi connectivity index (χ2n) is 5.99. The van der Waals surface area contributed by atoms with Gasteiger partial charge in [0.05, 0.1) is 0 Å². The maximum Gasteiger partial charge on any atom is 0.124 e. The van der Waals surface area contributed by atoms with Gasteiger partial charge in [0.1, 0.15) is 11.4 Å². The first kappa shape index (κ1) is 12.0. The Hall–Kier alpha value is -1.80. The van der Waals surface area contributed by atoms with Crippen molar-refractivity contribution >= 4 is 0 Å². The third kappa shape index (κ3) is 1.75. The first-order chi connectivity index (χ1) is 9.80. The van der Waals surface area contributed by atoms with Crippen molar-refractivity contribution in [1.29, 1.82) is 0 Å². The van der Waals surface area contributed by atoms with Crippen molar-refractivity contribution in [1.82, 2.24) is 5.32 Å². The zero-order valence-electron chi connectivity index (χ0n) is 11.7. The van der Waals surface area contributed by atoms with Gasteiger partial charge in [0.2, 0.25) is 0 Å². The van der Waals surface area contributed by atoms with Gasteiger partial charge in [-0.05, 0) is 24.2 Å². The van der Waals surface area contributed by atoms with Gasteiger partial charge in [0, 0.05) is 30.9 Å². The van der Waals surface area contributed by atoms with Gasteiger partial charge in [-0.1, -0.05) is 42.5 Å². The summed E-state index contributed by atoms with van der Waals surface area (Å²) in [5, 5.41) is 3.46. The molecular weight excluding hydrogens is 246 g/mol. The third-order valence-electron chi connectivity index (χ3n) is 4.69. The molecule has 1 aliphatic heterocycles. The van der Waals surface area contributed by atoms with Gasteiger partial charge < -0.3 is 10.1 Å². The predicted molar refractivity (Wildman–Crippen MR) is 80.1 cm³/mol. The summed E-state index contributed by atoms with van der Waals surface area (Å²) in [5.74, 6) is 1.05. The molecule has 2 nitrogen and oxygen atoms in total. The highest BCUT2D eigenvalue weighted by molar-refractivity contribution is 5.43. The summed E-state index contributed by atoms with van der Waals surface area (Å²) in [5.41, 5.74) is 4.12. The van der Waals surface area contributed by atoms with Crippen molar-refractivity contribution in [3.8, 4) is 5.75 Å². The maximum absolute atomic E-state index is 6.45. The molecule has 0 saturated heterocycles. The van der Waals surface area contributed by atoms with Crippen LogP contribution in [-0.4, -0.2) is 12.6 Å². The predicted octanol–water partition coefficient (Wildman–Crippen LogP) is 3.27. The Morgan fingerprint density at radius 3 is 2.35 bits per heavy atom. The summed E-state index contributed by atoms with van der Waals surface area (Å²) in [7, 11) is 2.04. The van der Waals surface area contributed by atoms with Crippen LogP contribution < -0.4 is 10.1 Å². The molecule has 2 aromatic rings. The molecule has 1 unspecified atom stereocenters. The molecule has 0 aromatic heterocycles. The fraction of sp³-hybridized carbons (Fsp3) is 0.333. The lowest BCUT2D eigenvalue weighted by molar-refractivity contribution is 0.0412. The highest BCUT2D eigenvalue weighted by Gasteiger charge is 2.44. The Balaban J connectivity index is 1.73. The zero-order valence-corrected chi connectivity index (χ0v) is 11.7. The topological polar surface area (TPSA) is 21.3 Å². The monoisotopic (exact) mass is 265 g/mol. The molecule has 0 saturated carbocycles. The van der Waals surface area contributed by atoms with E-state index in [1.54, 1.807) is 0 Å². The highest BCUT2D eigenvalue weighted by atomic mass is 16.5. The van der Waals surface area contributed by atoms with E-state index < -0.39 is 0 Å². The summed E-state index contributed by atoms with van der Waals surface area (Å²) < 4.78 is 6.45. The summed E-state index contributed by atoms with van der Waals surface area (Å²) in [6.07, 6.45) is 3.08. The number of rotatable bonds is 1. The molecule has 2 aromatic carbocycles. The largest absolute Gasteiger partial charge is 0.486 e. The van der Waals surface area contributed by atoms with Crippen molar-refractivity contribution < 1.29 is 4.74 Å². The first-order valence-electron chi connectivity index (χ1n) is 7.32. The van der Waals surface area contributed by atoms with Gasteiger partial charge in [-0.25, -0.2) is 0 Å². The molecular formula is C18H19NO. The molecule has 1 atom stereocenters. The molecule has 2 aliphatic rings. The van der Waals surface area contributed by atoms with Gasteiger partial charge in [0.25, 0.3) is 0 Å². The van der Waals surface area contributed by atoms with E-state index >= 15 is 0 Å². The van der Waals surface area contributed by atoms with E-state index in [4.69, 9.17) is 4.74 Å². The number of nitrogens with one attached hydrogen (secondary N) is 1. The minimum absolute atomic E-state index is 0.0638. The molecule has 102 valence electrons. The molecule has 4 rings (SSSR count). The van der Waals surface area contributed by atoms with E-state index in [1.165, 1.54) is 16.7 Å². The lowest BCUT2D eigenvalue weighted by Crippen LogP contribution is -2.44. The summed E-state index contributed by atoms with van der Waals surface area (Å²) in [6.45, 7) is 0. The highest BCUT2D eigenvalue weighted by Crippen LogP contribution is 2.45. The quantitative estimate of drug-likeness (QED) is 0.854. The number of ether oxygens (including phenoxy) is 1. The van der Waals surface area contributed by atoms with Crippen LogP contribution in [0.4, 0.5) is 0 Å². The third-order valence-corrected chi connectivity index (χ3v) is 4.69. The maximum atomic E-state index is 6.45. The molecule has 0 radical (unpaired) electrons. The lowest BCUT2D eigenvalue weighted by Gasteiger charge is -2.40.